The lowest BCUT2D eigenvalue weighted by atomic mass is 10.1. The van der Waals surface area contributed by atoms with Crippen LogP contribution in [0.3, 0.4) is 0 Å². The largest absolute Gasteiger partial charge is 0.298 e. The van der Waals surface area contributed by atoms with E-state index in [1.807, 2.05) is 0 Å². The molecule has 0 unspecified atom stereocenters. The summed E-state index contributed by atoms with van der Waals surface area (Å²) in [5.74, 6) is -0.355. The van der Waals surface area contributed by atoms with Gasteiger partial charge in [-0.1, -0.05) is 0 Å². The zero-order valence-electron chi connectivity index (χ0n) is 7.62. The molecule has 14 heavy (non-hydrogen) atoms. The molecule has 1 aromatic heterocycles. The number of carbonyl (C=O) groups excluding carboxylic acids is 1. The molecule has 2 rings (SSSR count). The summed E-state index contributed by atoms with van der Waals surface area (Å²) in [6.07, 6.45) is 0.719. The normalized spacial score (nSPS) is 10.4. The van der Waals surface area contributed by atoms with Crippen LogP contribution in [0.4, 0.5) is 4.39 Å². The van der Waals surface area contributed by atoms with Crippen LogP contribution in [0.25, 0.3) is 10.9 Å². The third-order valence-electron chi connectivity index (χ3n) is 2.06. The summed E-state index contributed by atoms with van der Waals surface area (Å²) in [5.41, 5.74) is 1.88. The molecular formula is C11H8FNO. The Morgan fingerprint density at radius 3 is 2.86 bits per heavy atom. The molecule has 2 aromatic rings. The smallest absolute Gasteiger partial charge is 0.150 e. The van der Waals surface area contributed by atoms with Crippen LogP contribution in [0.15, 0.2) is 24.3 Å². The van der Waals surface area contributed by atoms with E-state index in [4.69, 9.17) is 0 Å². The van der Waals surface area contributed by atoms with Gasteiger partial charge in [-0.2, -0.15) is 0 Å². The van der Waals surface area contributed by atoms with Gasteiger partial charge in [0.1, 0.15) is 5.82 Å². The van der Waals surface area contributed by atoms with Crippen LogP contribution in [0, 0.1) is 12.7 Å². The summed E-state index contributed by atoms with van der Waals surface area (Å²) >= 11 is 0. The predicted molar refractivity (Wildman–Crippen MR) is 51.8 cm³/mol. The van der Waals surface area contributed by atoms with Crippen molar-refractivity contribution in [3.8, 4) is 0 Å². The van der Waals surface area contributed by atoms with E-state index in [2.05, 4.69) is 4.98 Å². The molecule has 0 saturated heterocycles. The van der Waals surface area contributed by atoms with Crippen molar-refractivity contribution in [2.75, 3.05) is 0 Å². The maximum Gasteiger partial charge on any atom is 0.150 e. The number of rotatable bonds is 1. The van der Waals surface area contributed by atoms with E-state index in [1.54, 1.807) is 19.1 Å². The van der Waals surface area contributed by atoms with Crippen LogP contribution < -0.4 is 0 Å². The molecule has 0 aliphatic rings. The monoisotopic (exact) mass is 189 g/mol. The number of aryl methyl sites for hydroxylation is 1. The average molecular weight is 189 g/mol. The lowest BCUT2D eigenvalue weighted by Gasteiger charge is -2.02. The Morgan fingerprint density at radius 2 is 2.14 bits per heavy atom. The summed E-state index contributed by atoms with van der Waals surface area (Å²) in [5, 5.41) is 0.561. The first kappa shape index (κ1) is 8.81. The van der Waals surface area contributed by atoms with Gasteiger partial charge in [-0.05, 0) is 31.2 Å². The number of nitrogens with zero attached hydrogens (tertiary/aromatic N) is 1. The highest BCUT2D eigenvalue weighted by Crippen LogP contribution is 2.17. The molecule has 0 atom stereocenters. The third-order valence-corrected chi connectivity index (χ3v) is 2.06. The molecule has 70 valence electrons. The van der Waals surface area contributed by atoms with Crippen LogP contribution in [-0.4, -0.2) is 11.3 Å². The standard InChI is InChI=1S/C11H8FNO/c1-7-4-8(6-14)10-5-9(12)2-3-11(10)13-7/h2-6H,1H3. The minimum absolute atomic E-state index is 0.355. The molecule has 0 bridgehead atoms. The molecule has 0 amide bonds. The van der Waals surface area contributed by atoms with Gasteiger partial charge in [0, 0.05) is 16.6 Å². The van der Waals surface area contributed by atoms with E-state index in [0.29, 0.717) is 16.5 Å². The van der Waals surface area contributed by atoms with E-state index < -0.39 is 0 Å². The number of hydrogen-bond donors (Lipinski definition) is 0. The second-order valence-electron chi connectivity index (χ2n) is 3.13. The van der Waals surface area contributed by atoms with Crippen molar-refractivity contribution in [3.05, 3.63) is 41.3 Å². The molecule has 0 saturated carbocycles. The van der Waals surface area contributed by atoms with Gasteiger partial charge in [-0.25, -0.2) is 4.39 Å². The van der Waals surface area contributed by atoms with Gasteiger partial charge in [0.05, 0.1) is 5.52 Å². The fraction of sp³-hybridized carbons (Fsp3) is 0.0909. The van der Waals surface area contributed by atoms with Gasteiger partial charge in [0.25, 0.3) is 0 Å². The molecule has 0 aliphatic carbocycles. The molecule has 3 heteroatoms. The highest BCUT2D eigenvalue weighted by molar-refractivity contribution is 5.96. The summed E-state index contributed by atoms with van der Waals surface area (Å²) in [6, 6.07) is 5.88. The van der Waals surface area contributed by atoms with E-state index >= 15 is 0 Å². The predicted octanol–water partition coefficient (Wildman–Crippen LogP) is 2.49. The Kier molecular flexibility index (Phi) is 2.00. The summed E-state index contributed by atoms with van der Waals surface area (Å²) < 4.78 is 12.9. The number of pyridine rings is 1. The number of aldehydes is 1. The van der Waals surface area contributed by atoms with Gasteiger partial charge in [0.15, 0.2) is 6.29 Å². The van der Waals surface area contributed by atoms with Crippen molar-refractivity contribution in [1.82, 2.24) is 4.98 Å². The van der Waals surface area contributed by atoms with Gasteiger partial charge >= 0.3 is 0 Å². The van der Waals surface area contributed by atoms with Crippen LogP contribution in [0.1, 0.15) is 16.1 Å². The van der Waals surface area contributed by atoms with Crippen LogP contribution in [0.5, 0.6) is 0 Å². The highest BCUT2D eigenvalue weighted by Gasteiger charge is 2.03. The van der Waals surface area contributed by atoms with Crippen molar-refractivity contribution in [3.63, 3.8) is 0 Å². The van der Waals surface area contributed by atoms with E-state index in [1.165, 1.54) is 12.1 Å². The Labute approximate surface area is 80.4 Å². The van der Waals surface area contributed by atoms with Gasteiger partial charge in [-0.15, -0.1) is 0 Å². The number of carbonyl (C=O) groups is 1. The molecule has 0 N–H and O–H groups in total. The highest BCUT2D eigenvalue weighted by atomic mass is 19.1. The van der Waals surface area contributed by atoms with Crippen LogP contribution in [-0.2, 0) is 0 Å². The van der Waals surface area contributed by atoms with E-state index in [-0.39, 0.29) is 5.82 Å². The van der Waals surface area contributed by atoms with Crippen molar-refractivity contribution in [2.45, 2.75) is 6.92 Å². The SMILES string of the molecule is Cc1cc(C=O)c2cc(F)ccc2n1. The maximum atomic E-state index is 12.9. The number of hydrogen-bond acceptors (Lipinski definition) is 2. The van der Waals surface area contributed by atoms with Crippen molar-refractivity contribution < 1.29 is 9.18 Å². The van der Waals surface area contributed by atoms with Gasteiger partial charge in [0.2, 0.25) is 0 Å². The van der Waals surface area contributed by atoms with Crippen LogP contribution >= 0.6 is 0 Å². The lowest BCUT2D eigenvalue weighted by Crippen LogP contribution is -1.91. The molecule has 1 heterocycles. The van der Waals surface area contributed by atoms with Crippen LogP contribution in [0.2, 0.25) is 0 Å². The van der Waals surface area contributed by atoms with Gasteiger partial charge in [-0.3, -0.25) is 9.78 Å². The molecule has 2 nitrogen and oxygen atoms in total. The fourth-order valence-corrected chi connectivity index (χ4v) is 1.46. The maximum absolute atomic E-state index is 12.9. The average Bonchev–Trinajstić information content (AvgIpc) is 2.17. The minimum atomic E-state index is -0.355. The summed E-state index contributed by atoms with van der Waals surface area (Å²) in [7, 11) is 0. The molecule has 0 radical (unpaired) electrons. The molecule has 0 aliphatic heterocycles. The molecule has 0 fully saturated rings. The molecular weight excluding hydrogens is 181 g/mol. The number of halogens is 1. The number of aromatic nitrogens is 1. The number of fused-ring (bicyclic) bond motifs is 1. The van der Waals surface area contributed by atoms with Gasteiger partial charge < -0.3 is 0 Å². The zero-order chi connectivity index (χ0) is 10.1. The first-order valence-corrected chi connectivity index (χ1v) is 4.23. The topological polar surface area (TPSA) is 30.0 Å². The quantitative estimate of drug-likeness (QED) is 0.645. The Bertz CT molecular complexity index is 508. The van der Waals surface area contributed by atoms with Crippen molar-refractivity contribution in [1.29, 1.82) is 0 Å². The number of benzene rings is 1. The lowest BCUT2D eigenvalue weighted by molar-refractivity contribution is 0.112. The first-order chi connectivity index (χ1) is 6.70. The van der Waals surface area contributed by atoms with E-state index in [9.17, 15) is 9.18 Å². The Balaban J connectivity index is 2.88. The first-order valence-electron chi connectivity index (χ1n) is 4.23. The second kappa shape index (κ2) is 3.18. The molecule has 1 aromatic carbocycles. The zero-order valence-corrected chi connectivity index (χ0v) is 7.62. The van der Waals surface area contributed by atoms with Crippen molar-refractivity contribution in [2.24, 2.45) is 0 Å². The Morgan fingerprint density at radius 1 is 1.36 bits per heavy atom. The second-order valence-corrected chi connectivity index (χ2v) is 3.13. The Hall–Kier alpha value is -1.77. The summed E-state index contributed by atoms with van der Waals surface area (Å²) in [4.78, 5) is 14.9. The van der Waals surface area contributed by atoms with E-state index in [0.717, 1.165) is 12.0 Å². The fourth-order valence-electron chi connectivity index (χ4n) is 1.46. The minimum Gasteiger partial charge on any atom is -0.298 e. The molecule has 0 spiro atoms. The van der Waals surface area contributed by atoms with Crippen molar-refractivity contribution >= 4 is 17.2 Å². The summed E-state index contributed by atoms with van der Waals surface area (Å²) in [6.45, 7) is 1.80. The third kappa shape index (κ3) is 1.37.